The maximum Gasteiger partial charge on any atom is 0.416 e. The average molecular weight is 571 g/mol. The van der Waals surface area contributed by atoms with Crippen LogP contribution in [0.1, 0.15) is 27.0 Å². The highest BCUT2D eigenvalue weighted by molar-refractivity contribution is 6.32. The Kier molecular flexibility index (Phi) is 7.62. The van der Waals surface area contributed by atoms with Crippen LogP contribution in [-0.4, -0.2) is 5.78 Å². The third kappa shape index (κ3) is 6.41. The van der Waals surface area contributed by atoms with Gasteiger partial charge in [0.05, 0.1) is 21.2 Å². The number of benzene rings is 4. The Morgan fingerprint density at radius 3 is 1.32 bits per heavy atom. The molecule has 0 radical (unpaired) electrons. The van der Waals surface area contributed by atoms with Crippen molar-refractivity contribution >= 4 is 29.0 Å². The van der Waals surface area contributed by atoms with Crippen molar-refractivity contribution in [3.05, 3.63) is 117 Å². The Labute approximate surface area is 222 Å². The van der Waals surface area contributed by atoms with E-state index in [-0.39, 0.29) is 44.2 Å². The fourth-order valence-electron chi connectivity index (χ4n) is 3.34. The summed E-state index contributed by atoms with van der Waals surface area (Å²) in [7, 11) is 0. The largest absolute Gasteiger partial charge is 0.456 e. The smallest absolute Gasteiger partial charge is 0.416 e. The van der Waals surface area contributed by atoms with E-state index < -0.39 is 29.3 Å². The van der Waals surface area contributed by atoms with Crippen molar-refractivity contribution in [3.63, 3.8) is 0 Å². The number of alkyl halides is 6. The normalized spacial score (nSPS) is 11.8. The maximum atomic E-state index is 13.1. The molecule has 0 amide bonds. The van der Waals surface area contributed by atoms with Gasteiger partial charge in [-0.1, -0.05) is 47.5 Å². The number of ether oxygens (including phenoxy) is 2. The van der Waals surface area contributed by atoms with Crippen LogP contribution >= 0.6 is 23.2 Å². The molecule has 0 aromatic heterocycles. The van der Waals surface area contributed by atoms with Crippen LogP contribution in [0.5, 0.6) is 23.0 Å². The summed E-state index contributed by atoms with van der Waals surface area (Å²) in [5, 5.41) is -0.522. The summed E-state index contributed by atoms with van der Waals surface area (Å²) in [4.78, 5) is 13.1. The molecule has 0 N–H and O–H groups in total. The molecule has 0 aliphatic heterocycles. The standard InChI is InChI=1S/C27H14Cl2F6O3/c28-21-13-17(26(30,31)32)7-9-23(21)37-19-5-1-3-15(11-19)25(36)16-4-2-6-20(12-16)38-24-10-8-18(14-22(24)29)27(33,34)35/h1-14H. The molecule has 0 aliphatic rings. The predicted molar refractivity (Wildman–Crippen MR) is 129 cm³/mol. The summed E-state index contributed by atoms with van der Waals surface area (Å²) in [5.41, 5.74) is -1.48. The van der Waals surface area contributed by atoms with Gasteiger partial charge >= 0.3 is 12.4 Å². The SMILES string of the molecule is O=C(c1cccc(Oc2ccc(C(F)(F)F)cc2Cl)c1)c1cccc(Oc2ccc(C(F)(F)F)cc2Cl)c1. The molecule has 0 spiro atoms. The molecular weight excluding hydrogens is 557 g/mol. The number of hydrogen-bond donors (Lipinski definition) is 0. The number of carbonyl (C=O) groups excluding carboxylic acids is 1. The molecule has 11 heteroatoms. The van der Waals surface area contributed by atoms with E-state index >= 15 is 0 Å². The fourth-order valence-corrected chi connectivity index (χ4v) is 3.78. The second-order valence-corrected chi connectivity index (χ2v) is 8.69. The predicted octanol–water partition coefficient (Wildman–Crippen LogP) is 9.85. The van der Waals surface area contributed by atoms with Crippen molar-refractivity contribution < 1.29 is 40.6 Å². The zero-order chi connectivity index (χ0) is 27.7. The van der Waals surface area contributed by atoms with E-state index in [1.807, 2.05) is 0 Å². The lowest BCUT2D eigenvalue weighted by Crippen LogP contribution is -2.05. The summed E-state index contributed by atoms with van der Waals surface area (Å²) in [6, 6.07) is 17.1. The highest BCUT2D eigenvalue weighted by Crippen LogP contribution is 2.38. The molecule has 0 atom stereocenters. The van der Waals surface area contributed by atoms with Crippen molar-refractivity contribution in [2.24, 2.45) is 0 Å². The summed E-state index contributed by atoms with van der Waals surface area (Å²) in [6.45, 7) is 0. The van der Waals surface area contributed by atoms with Gasteiger partial charge < -0.3 is 9.47 Å². The molecule has 0 saturated carbocycles. The van der Waals surface area contributed by atoms with Crippen LogP contribution in [-0.2, 0) is 12.4 Å². The third-order valence-corrected chi connectivity index (χ3v) is 5.76. The van der Waals surface area contributed by atoms with E-state index in [0.717, 1.165) is 36.4 Å². The van der Waals surface area contributed by atoms with Gasteiger partial charge in [0, 0.05) is 11.1 Å². The lowest BCUT2D eigenvalue weighted by atomic mass is 10.0. The minimum Gasteiger partial charge on any atom is -0.456 e. The van der Waals surface area contributed by atoms with E-state index in [2.05, 4.69) is 0 Å². The molecule has 0 unspecified atom stereocenters. The first-order valence-corrected chi connectivity index (χ1v) is 11.4. The van der Waals surface area contributed by atoms with E-state index in [0.29, 0.717) is 0 Å². The van der Waals surface area contributed by atoms with Gasteiger partial charge in [-0.2, -0.15) is 26.3 Å². The number of halogens is 8. The molecule has 4 rings (SSSR count). The third-order valence-electron chi connectivity index (χ3n) is 5.17. The topological polar surface area (TPSA) is 35.5 Å². The van der Waals surface area contributed by atoms with Crippen LogP contribution in [0.25, 0.3) is 0 Å². The van der Waals surface area contributed by atoms with E-state index in [1.54, 1.807) is 0 Å². The zero-order valence-corrected chi connectivity index (χ0v) is 20.3. The molecule has 0 aliphatic carbocycles. The maximum absolute atomic E-state index is 13.1. The lowest BCUT2D eigenvalue weighted by molar-refractivity contribution is -0.138. The Bertz CT molecular complexity index is 1390. The highest BCUT2D eigenvalue weighted by atomic mass is 35.5. The minimum absolute atomic E-state index is 0.0342. The van der Waals surface area contributed by atoms with E-state index in [9.17, 15) is 31.1 Å². The van der Waals surface area contributed by atoms with Gasteiger partial charge in [-0.25, -0.2) is 0 Å². The first kappa shape index (κ1) is 27.3. The molecular formula is C27H14Cl2F6O3. The van der Waals surface area contributed by atoms with Crippen molar-refractivity contribution in [2.75, 3.05) is 0 Å². The van der Waals surface area contributed by atoms with Crippen LogP contribution < -0.4 is 9.47 Å². The second kappa shape index (κ2) is 10.6. The monoisotopic (exact) mass is 570 g/mol. The number of rotatable bonds is 6. The van der Waals surface area contributed by atoms with Crippen LogP contribution in [0.3, 0.4) is 0 Å². The van der Waals surface area contributed by atoms with Gasteiger partial charge in [0.2, 0.25) is 0 Å². The lowest BCUT2D eigenvalue weighted by Gasteiger charge is -2.12. The van der Waals surface area contributed by atoms with Crippen LogP contribution in [0, 0.1) is 0 Å². The van der Waals surface area contributed by atoms with E-state index in [4.69, 9.17) is 32.7 Å². The van der Waals surface area contributed by atoms with Crippen molar-refractivity contribution in [2.45, 2.75) is 12.4 Å². The van der Waals surface area contributed by atoms with Gasteiger partial charge in [0.15, 0.2) is 5.78 Å². The minimum atomic E-state index is -4.56. The highest BCUT2D eigenvalue weighted by Gasteiger charge is 2.32. The van der Waals surface area contributed by atoms with Gasteiger partial charge in [-0.05, 0) is 60.7 Å². The second-order valence-electron chi connectivity index (χ2n) is 7.87. The summed E-state index contributed by atoms with van der Waals surface area (Å²) >= 11 is 11.9. The Balaban J connectivity index is 1.53. The molecule has 0 saturated heterocycles. The number of ketones is 1. The molecule has 196 valence electrons. The molecule has 0 bridgehead atoms. The van der Waals surface area contributed by atoms with E-state index in [1.165, 1.54) is 48.5 Å². The summed E-state index contributed by atoms with van der Waals surface area (Å²) in [5.74, 6) is -0.206. The first-order chi connectivity index (χ1) is 17.8. The molecule has 3 nitrogen and oxygen atoms in total. The molecule has 0 fully saturated rings. The van der Waals surface area contributed by atoms with Crippen molar-refractivity contribution in [3.8, 4) is 23.0 Å². The number of carbonyl (C=O) groups is 1. The molecule has 4 aromatic carbocycles. The van der Waals surface area contributed by atoms with Crippen LogP contribution in [0.15, 0.2) is 84.9 Å². The molecule has 0 heterocycles. The number of hydrogen-bond acceptors (Lipinski definition) is 3. The first-order valence-electron chi connectivity index (χ1n) is 10.7. The van der Waals surface area contributed by atoms with Gasteiger partial charge in [-0.3, -0.25) is 4.79 Å². The fraction of sp³-hybridized carbons (Fsp3) is 0.0741. The zero-order valence-electron chi connectivity index (χ0n) is 18.8. The summed E-state index contributed by atoms with van der Waals surface area (Å²) < 4.78 is 88.4. The molecule has 4 aromatic rings. The Hall–Kier alpha value is -3.69. The Morgan fingerprint density at radius 2 is 0.974 bits per heavy atom. The van der Waals surface area contributed by atoms with Gasteiger partial charge in [0.1, 0.15) is 23.0 Å². The average Bonchev–Trinajstić information content (AvgIpc) is 2.85. The Morgan fingerprint density at radius 1 is 0.579 bits per heavy atom. The van der Waals surface area contributed by atoms with Gasteiger partial charge in [0.25, 0.3) is 0 Å². The quantitative estimate of drug-likeness (QED) is 0.171. The van der Waals surface area contributed by atoms with Crippen LogP contribution in [0.4, 0.5) is 26.3 Å². The van der Waals surface area contributed by atoms with Crippen molar-refractivity contribution in [1.82, 2.24) is 0 Å². The van der Waals surface area contributed by atoms with Crippen molar-refractivity contribution in [1.29, 1.82) is 0 Å². The van der Waals surface area contributed by atoms with Gasteiger partial charge in [-0.15, -0.1) is 0 Å². The van der Waals surface area contributed by atoms with Crippen LogP contribution in [0.2, 0.25) is 10.0 Å². The molecule has 38 heavy (non-hydrogen) atoms. The summed E-state index contributed by atoms with van der Waals surface area (Å²) in [6.07, 6.45) is -9.13.